The SMILES string of the molecule is CCC(CC)CC(N)c1ccco1.Cl. The Morgan fingerprint density at radius 1 is 1.36 bits per heavy atom. The Labute approximate surface area is 92.3 Å². The van der Waals surface area contributed by atoms with Crippen LogP contribution in [0.25, 0.3) is 0 Å². The minimum absolute atomic E-state index is 0. The maximum absolute atomic E-state index is 6.00. The van der Waals surface area contributed by atoms with Crippen LogP contribution < -0.4 is 5.73 Å². The van der Waals surface area contributed by atoms with Gasteiger partial charge in [-0.1, -0.05) is 26.7 Å². The van der Waals surface area contributed by atoms with Gasteiger partial charge >= 0.3 is 0 Å². The van der Waals surface area contributed by atoms with E-state index in [0.717, 1.165) is 18.1 Å². The summed E-state index contributed by atoms with van der Waals surface area (Å²) in [6.07, 6.45) is 5.11. The molecule has 0 saturated heterocycles. The van der Waals surface area contributed by atoms with E-state index in [1.165, 1.54) is 12.8 Å². The van der Waals surface area contributed by atoms with Gasteiger partial charge in [-0.15, -0.1) is 12.4 Å². The Hall–Kier alpha value is -0.470. The lowest BCUT2D eigenvalue weighted by Crippen LogP contribution is -2.14. The van der Waals surface area contributed by atoms with Crippen molar-refractivity contribution in [1.29, 1.82) is 0 Å². The van der Waals surface area contributed by atoms with Crippen molar-refractivity contribution in [2.45, 2.75) is 39.2 Å². The van der Waals surface area contributed by atoms with Crippen LogP contribution in [0.3, 0.4) is 0 Å². The average molecular weight is 218 g/mol. The maximum atomic E-state index is 6.00. The minimum atomic E-state index is 0. The van der Waals surface area contributed by atoms with Gasteiger partial charge in [0.1, 0.15) is 5.76 Å². The van der Waals surface area contributed by atoms with Gasteiger partial charge in [0, 0.05) is 0 Å². The standard InChI is InChI=1S/C11H19NO.ClH/c1-3-9(4-2)8-10(12)11-6-5-7-13-11;/h5-7,9-10H,3-4,8,12H2,1-2H3;1H. The van der Waals surface area contributed by atoms with E-state index in [0.29, 0.717) is 0 Å². The molecule has 1 aromatic rings. The monoisotopic (exact) mass is 217 g/mol. The van der Waals surface area contributed by atoms with E-state index < -0.39 is 0 Å². The van der Waals surface area contributed by atoms with Crippen molar-refractivity contribution in [3.8, 4) is 0 Å². The molecular weight excluding hydrogens is 198 g/mol. The van der Waals surface area contributed by atoms with Gasteiger partial charge in [0.15, 0.2) is 0 Å². The van der Waals surface area contributed by atoms with Crippen molar-refractivity contribution in [3.05, 3.63) is 24.2 Å². The molecule has 0 amide bonds. The summed E-state index contributed by atoms with van der Waals surface area (Å²) in [5, 5.41) is 0. The normalized spacial score (nSPS) is 12.6. The molecule has 14 heavy (non-hydrogen) atoms. The first-order valence-electron chi connectivity index (χ1n) is 5.06. The van der Waals surface area contributed by atoms with Gasteiger partial charge in [0.25, 0.3) is 0 Å². The van der Waals surface area contributed by atoms with Crippen molar-refractivity contribution >= 4 is 12.4 Å². The largest absolute Gasteiger partial charge is 0.468 e. The minimum Gasteiger partial charge on any atom is -0.468 e. The van der Waals surface area contributed by atoms with Crippen LogP contribution >= 0.6 is 12.4 Å². The summed E-state index contributed by atoms with van der Waals surface area (Å²) in [7, 11) is 0. The van der Waals surface area contributed by atoms with Crippen LogP contribution in [0.2, 0.25) is 0 Å². The lowest BCUT2D eigenvalue weighted by molar-refractivity contribution is 0.371. The first kappa shape index (κ1) is 13.5. The maximum Gasteiger partial charge on any atom is 0.120 e. The zero-order valence-corrected chi connectivity index (χ0v) is 9.72. The molecule has 0 aliphatic heterocycles. The molecule has 1 unspecified atom stereocenters. The molecule has 3 heteroatoms. The number of nitrogens with two attached hydrogens (primary N) is 1. The molecule has 0 aliphatic rings. The second-order valence-corrected chi connectivity index (χ2v) is 3.54. The number of hydrogen-bond acceptors (Lipinski definition) is 2. The van der Waals surface area contributed by atoms with Gasteiger partial charge in [-0.05, 0) is 24.5 Å². The average Bonchev–Trinajstić information content (AvgIpc) is 2.66. The molecule has 1 rings (SSSR count). The molecule has 2 N–H and O–H groups in total. The summed E-state index contributed by atoms with van der Waals surface area (Å²) < 4.78 is 5.26. The van der Waals surface area contributed by atoms with Crippen LogP contribution in [0, 0.1) is 5.92 Å². The van der Waals surface area contributed by atoms with E-state index in [4.69, 9.17) is 10.2 Å². The Morgan fingerprint density at radius 3 is 2.43 bits per heavy atom. The number of hydrogen-bond donors (Lipinski definition) is 1. The van der Waals surface area contributed by atoms with Crippen LogP contribution in [0.1, 0.15) is 44.9 Å². The summed E-state index contributed by atoms with van der Waals surface area (Å²) in [6.45, 7) is 4.42. The summed E-state index contributed by atoms with van der Waals surface area (Å²) in [5.74, 6) is 1.63. The molecule has 0 aromatic carbocycles. The van der Waals surface area contributed by atoms with Crippen LogP contribution in [0.15, 0.2) is 22.8 Å². The van der Waals surface area contributed by atoms with Crippen LogP contribution in [0.4, 0.5) is 0 Å². The van der Waals surface area contributed by atoms with Crippen molar-refractivity contribution in [2.75, 3.05) is 0 Å². The van der Waals surface area contributed by atoms with Crippen LogP contribution in [-0.2, 0) is 0 Å². The summed E-state index contributed by atoms with van der Waals surface area (Å²) in [5.41, 5.74) is 6.00. The fourth-order valence-corrected chi connectivity index (χ4v) is 1.60. The number of furan rings is 1. The first-order chi connectivity index (χ1) is 6.27. The van der Waals surface area contributed by atoms with Gasteiger partial charge < -0.3 is 10.2 Å². The predicted octanol–water partition coefficient (Wildman–Crippen LogP) is 3.53. The molecule has 0 bridgehead atoms. The molecule has 82 valence electrons. The van der Waals surface area contributed by atoms with Gasteiger partial charge in [-0.3, -0.25) is 0 Å². The van der Waals surface area contributed by atoms with Gasteiger partial charge in [-0.2, -0.15) is 0 Å². The lowest BCUT2D eigenvalue weighted by atomic mass is 9.94. The fourth-order valence-electron chi connectivity index (χ4n) is 1.60. The van der Waals surface area contributed by atoms with E-state index in [1.54, 1.807) is 6.26 Å². The number of halogens is 1. The molecule has 0 fully saturated rings. The molecule has 1 aromatic heterocycles. The second-order valence-electron chi connectivity index (χ2n) is 3.54. The van der Waals surface area contributed by atoms with Crippen LogP contribution in [-0.4, -0.2) is 0 Å². The Balaban J connectivity index is 0.00000169. The van der Waals surface area contributed by atoms with Crippen molar-refractivity contribution < 1.29 is 4.42 Å². The highest BCUT2D eigenvalue weighted by Crippen LogP contribution is 2.23. The molecule has 0 aliphatic carbocycles. The summed E-state index contributed by atoms with van der Waals surface area (Å²) in [4.78, 5) is 0. The first-order valence-corrected chi connectivity index (χ1v) is 5.06. The topological polar surface area (TPSA) is 39.2 Å². The molecule has 0 spiro atoms. The molecule has 0 saturated carbocycles. The van der Waals surface area contributed by atoms with Gasteiger partial charge in [-0.25, -0.2) is 0 Å². The predicted molar refractivity (Wildman–Crippen MR) is 61.6 cm³/mol. The highest BCUT2D eigenvalue weighted by molar-refractivity contribution is 5.85. The highest BCUT2D eigenvalue weighted by atomic mass is 35.5. The number of rotatable bonds is 5. The van der Waals surface area contributed by atoms with Gasteiger partial charge in [0.2, 0.25) is 0 Å². The van der Waals surface area contributed by atoms with E-state index in [9.17, 15) is 0 Å². The molecule has 1 heterocycles. The van der Waals surface area contributed by atoms with Crippen LogP contribution in [0.5, 0.6) is 0 Å². The second kappa shape index (κ2) is 6.91. The molecule has 1 atom stereocenters. The van der Waals surface area contributed by atoms with Crippen molar-refractivity contribution in [1.82, 2.24) is 0 Å². The lowest BCUT2D eigenvalue weighted by Gasteiger charge is -2.16. The van der Waals surface area contributed by atoms with Crippen molar-refractivity contribution in [3.63, 3.8) is 0 Å². The Kier molecular flexibility index (Phi) is 6.67. The summed E-state index contributed by atoms with van der Waals surface area (Å²) in [6, 6.07) is 3.91. The molecule has 2 nitrogen and oxygen atoms in total. The third-order valence-corrected chi connectivity index (χ3v) is 2.65. The third kappa shape index (κ3) is 3.72. The summed E-state index contributed by atoms with van der Waals surface area (Å²) >= 11 is 0. The quantitative estimate of drug-likeness (QED) is 0.820. The van der Waals surface area contributed by atoms with E-state index >= 15 is 0 Å². The van der Waals surface area contributed by atoms with E-state index in [-0.39, 0.29) is 18.4 Å². The smallest absolute Gasteiger partial charge is 0.120 e. The zero-order valence-electron chi connectivity index (χ0n) is 8.90. The highest BCUT2D eigenvalue weighted by Gasteiger charge is 2.13. The van der Waals surface area contributed by atoms with Gasteiger partial charge in [0.05, 0.1) is 12.3 Å². The third-order valence-electron chi connectivity index (χ3n) is 2.65. The van der Waals surface area contributed by atoms with E-state index in [2.05, 4.69) is 13.8 Å². The zero-order chi connectivity index (χ0) is 9.68. The fraction of sp³-hybridized carbons (Fsp3) is 0.636. The molecular formula is C11H20ClNO. The van der Waals surface area contributed by atoms with E-state index in [1.807, 2.05) is 12.1 Å². The Morgan fingerprint density at radius 2 is 2.00 bits per heavy atom. The van der Waals surface area contributed by atoms with Crippen molar-refractivity contribution in [2.24, 2.45) is 11.7 Å². The molecule has 0 radical (unpaired) electrons. The Bertz CT molecular complexity index is 219.